The van der Waals surface area contributed by atoms with Gasteiger partial charge < -0.3 is 10.4 Å². The van der Waals surface area contributed by atoms with Gasteiger partial charge in [0.1, 0.15) is 6.04 Å². The lowest BCUT2D eigenvalue weighted by Gasteiger charge is -2.37. The molecule has 0 spiro atoms. The largest absolute Gasteiger partial charge is 0.465 e. The third kappa shape index (κ3) is 4.66. The number of benzene rings is 1. The molecule has 2 N–H and O–H groups in total. The second-order valence-corrected chi connectivity index (χ2v) is 8.14. The van der Waals surface area contributed by atoms with E-state index < -0.39 is 17.7 Å². The van der Waals surface area contributed by atoms with E-state index in [2.05, 4.69) is 5.32 Å². The van der Waals surface area contributed by atoms with Crippen LogP contribution in [0.25, 0.3) is 0 Å². The second kappa shape index (κ2) is 7.65. The minimum absolute atomic E-state index is 0.0201. The molecule has 0 radical (unpaired) electrons. The summed E-state index contributed by atoms with van der Waals surface area (Å²) < 4.78 is 0. The van der Waals surface area contributed by atoms with Crippen molar-refractivity contribution in [2.45, 2.75) is 70.5 Å². The molecule has 1 fully saturated rings. The van der Waals surface area contributed by atoms with Gasteiger partial charge in [0.05, 0.1) is 0 Å². The summed E-state index contributed by atoms with van der Waals surface area (Å²) in [6, 6.07) is 7.00. The third-order valence-electron chi connectivity index (χ3n) is 4.84. The van der Waals surface area contributed by atoms with Crippen LogP contribution >= 0.6 is 11.6 Å². The highest BCUT2D eigenvalue weighted by Crippen LogP contribution is 2.35. The van der Waals surface area contributed by atoms with Crippen LogP contribution in [0.2, 0.25) is 5.02 Å². The maximum atomic E-state index is 12.7. The molecule has 0 aromatic heterocycles. The Kier molecular flexibility index (Phi) is 5.99. The van der Waals surface area contributed by atoms with Gasteiger partial charge in [0.25, 0.3) is 0 Å². The first kappa shape index (κ1) is 19.6. The molecule has 6 heteroatoms. The van der Waals surface area contributed by atoms with Gasteiger partial charge in [-0.15, -0.1) is 0 Å². The van der Waals surface area contributed by atoms with E-state index in [0.717, 1.165) is 24.8 Å². The topological polar surface area (TPSA) is 69.6 Å². The number of carboxylic acid groups (broad SMARTS) is 1. The van der Waals surface area contributed by atoms with Crippen molar-refractivity contribution in [1.82, 2.24) is 10.2 Å². The molecule has 0 heterocycles. The Morgan fingerprint density at radius 1 is 1.24 bits per heavy atom. The second-order valence-electron chi connectivity index (χ2n) is 7.70. The van der Waals surface area contributed by atoms with Crippen molar-refractivity contribution in [1.29, 1.82) is 0 Å². The maximum absolute atomic E-state index is 12.7. The molecule has 1 aromatic carbocycles. The monoisotopic (exact) mass is 366 g/mol. The van der Waals surface area contributed by atoms with Gasteiger partial charge in [0.15, 0.2) is 0 Å². The predicted molar refractivity (Wildman–Crippen MR) is 99.1 cm³/mol. The van der Waals surface area contributed by atoms with Crippen LogP contribution in [0.15, 0.2) is 24.3 Å². The molecular formula is C19H27ClN2O3. The zero-order valence-electron chi connectivity index (χ0n) is 15.3. The van der Waals surface area contributed by atoms with Gasteiger partial charge >= 0.3 is 6.09 Å². The number of carbonyl (C=O) groups is 2. The van der Waals surface area contributed by atoms with E-state index in [1.165, 1.54) is 4.90 Å². The minimum Gasteiger partial charge on any atom is -0.465 e. The van der Waals surface area contributed by atoms with Gasteiger partial charge in [-0.05, 0) is 58.2 Å². The summed E-state index contributed by atoms with van der Waals surface area (Å²) >= 11 is 5.96. The Hall–Kier alpha value is -1.75. The van der Waals surface area contributed by atoms with Crippen LogP contribution in [0.1, 0.15) is 58.4 Å². The minimum atomic E-state index is -1.09. The molecule has 5 nitrogen and oxygen atoms in total. The van der Waals surface area contributed by atoms with Crippen molar-refractivity contribution in [3.05, 3.63) is 34.9 Å². The number of hydrogen-bond donors (Lipinski definition) is 2. The number of carbonyl (C=O) groups excluding carboxylic acids is 1. The Morgan fingerprint density at radius 3 is 2.36 bits per heavy atom. The van der Waals surface area contributed by atoms with Crippen molar-refractivity contribution >= 4 is 23.6 Å². The molecule has 0 aliphatic heterocycles. The lowest BCUT2D eigenvalue weighted by atomic mass is 9.94. The zero-order chi connectivity index (χ0) is 18.8. The van der Waals surface area contributed by atoms with E-state index in [0.29, 0.717) is 5.02 Å². The Labute approximate surface area is 154 Å². The average molecular weight is 367 g/mol. The maximum Gasteiger partial charge on any atom is 0.408 e. The van der Waals surface area contributed by atoms with Gasteiger partial charge in [-0.2, -0.15) is 0 Å². The fourth-order valence-electron chi connectivity index (χ4n) is 3.70. The highest BCUT2D eigenvalue weighted by atomic mass is 35.5. The number of amides is 2. The highest BCUT2D eigenvalue weighted by molar-refractivity contribution is 6.30. The van der Waals surface area contributed by atoms with E-state index in [1.54, 1.807) is 27.7 Å². The number of nitrogens with zero attached hydrogens (tertiary/aromatic N) is 1. The smallest absolute Gasteiger partial charge is 0.408 e. The van der Waals surface area contributed by atoms with Crippen LogP contribution in [0, 0.1) is 0 Å². The van der Waals surface area contributed by atoms with Gasteiger partial charge in [0.2, 0.25) is 5.91 Å². The summed E-state index contributed by atoms with van der Waals surface area (Å²) in [4.78, 5) is 25.5. The van der Waals surface area contributed by atoms with Crippen LogP contribution in [0.5, 0.6) is 0 Å². The highest BCUT2D eigenvalue weighted by Gasteiger charge is 2.37. The fraction of sp³-hybridized carbons (Fsp3) is 0.579. The Bertz CT molecular complexity index is 625. The lowest BCUT2D eigenvalue weighted by Crippen LogP contribution is -2.56. The first-order valence-electron chi connectivity index (χ1n) is 8.69. The van der Waals surface area contributed by atoms with Crippen molar-refractivity contribution in [3.63, 3.8) is 0 Å². The molecule has 25 heavy (non-hydrogen) atoms. The summed E-state index contributed by atoms with van der Waals surface area (Å²) in [5, 5.41) is 13.2. The van der Waals surface area contributed by atoms with Crippen molar-refractivity contribution in [3.8, 4) is 0 Å². The molecular weight excluding hydrogens is 340 g/mol. The Morgan fingerprint density at radius 2 is 1.84 bits per heavy atom. The summed E-state index contributed by atoms with van der Waals surface area (Å²) in [6.45, 7) is 7.01. The predicted octanol–water partition coefficient (Wildman–Crippen LogP) is 4.26. The van der Waals surface area contributed by atoms with Gasteiger partial charge in [0, 0.05) is 22.5 Å². The summed E-state index contributed by atoms with van der Waals surface area (Å²) in [5.41, 5.74) is 0.513. The summed E-state index contributed by atoms with van der Waals surface area (Å²) in [7, 11) is 0. The molecule has 3 unspecified atom stereocenters. The first-order chi connectivity index (χ1) is 11.6. The quantitative estimate of drug-likeness (QED) is 0.836. The molecule has 0 saturated heterocycles. The van der Waals surface area contributed by atoms with Crippen LogP contribution in [0.4, 0.5) is 4.79 Å². The van der Waals surface area contributed by atoms with Crippen LogP contribution in [0.3, 0.4) is 0 Å². The normalized spacial score (nSPS) is 21.6. The van der Waals surface area contributed by atoms with E-state index >= 15 is 0 Å². The van der Waals surface area contributed by atoms with Crippen LogP contribution in [-0.4, -0.2) is 39.6 Å². The Balaban J connectivity index is 2.10. The molecule has 1 aromatic rings. The molecule has 1 aliphatic rings. The van der Waals surface area contributed by atoms with Gasteiger partial charge in [-0.3, -0.25) is 9.69 Å². The van der Waals surface area contributed by atoms with E-state index in [4.69, 9.17) is 11.6 Å². The SMILES string of the molecule is CC(C(=O)NC1CCCC1c1ccc(Cl)cc1)N(C(=O)O)C(C)(C)C. The summed E-state index contributed by atoms with van der Waals surface area (Å²) in [6.07, 6.45) is 1.85. The van der Waals surface area contributed by atoms with Crippen molar-refractivity contribution in [2.24, 2.45) is 0 Å². The average Bonchev–Trinajstić information content (AvgIpc) is 2.94. The summed E-state index contributed by atoms with van der Waals surface area (Å²) in [5.74, 6) is -0.00970. The number of hydrogen-bond acceptors (Lipinski definition) is 2. The zero-order valence-corrected chi connectivity index (χ0v) is 16.0. The van der Waals surface area contributed by atoms with Crippen molar-refractivity contribution in [2.75, 3.05) is 0 Å². The standard InChI is InChI=1S/C19H27ClN2O3/c1-12(22(18(24)25)19(2,3)4)17(23)21-16-7-5-6-15(16)13-8-10-14(20)11-9-13/h8-12,15-16H,5-7H2,1-4H3,(H,21,23)(H,24,25). The molecule has 0 bridgehead atoms. The van der Waals surface area contributed by atoms with Gasteiger partial charge in [-0.1, -0.05) is 30.2 Å². The van der Waals surface area contributed by atoms with E-state index in [-0.39, 0.29) is 17.9 Å². The molecule has 1 saturated carbocycles. The number of nitrogens with one attached hydrogen (secondary N) is 1. The molecule has 1 aliphatic carbocycles. The lowest BCUT2D eigenvalue weighted by molar-refractivity contribution is -0.127. The van der Waals surface area contributed by atoms with Gasteiger partial charge in [-0.25, -0.2) is 4.79 Å². The first-order valence-corrected chi connectivity index (χ1v) is 9.07. The van der Waals surface area contributed by atoms with Crippen LogP contribution < -0.4 is 5.32 Å². The molecule has 2 rings (SSSR count). The van der Waals surface area contributed by atoms with E-state index in [1.807, 2.05) is 24.3 Å². The van der Waals surface area contributed by atoms with Crippen molar-refractivity contribution < 1.29 is 14.7 Å². The van der Waals surface area contributed by atoms with E-state index in [9.17, 15) is 14.7 Å². The molecule has 3 atom stereocenters. The number of rotatable bonds is 4. The third-order valence-corrected chi connectivity index (χ3v) is 5.09. The molecule has 2 amide bonds. The van der Waals surface area contributed by atoms with Crippen LogP contribution in [-0.2, 0) is 4.79 Å². The number of halogens is 1. The fourth-order valence-corrected chi connectivity index (χ4v) is 3.82. The molecule has 138 valence electrons.